The zero-order valence-electron chi connectivity index (χ0n) is 19.0. The summed E-state index contributed by atoms with van der Waals surface area (Å²) >= 11 is 0. The molecule has 1 amide bonds. The monoisotopic (exact) mass is 437 g/mol. The Kier molecular flexibility index (Phi) is 6.24. The molecule has 0 unspecified atom stereocenters. The van der Waals surface area contributed by atoms with Gasteiger partial charge in [-0.2, -0.15) is 5.10 Å². The van der Waals surface area contributed by atoms with Gasteiger partial charge in [0.1, 0.15) is 0 Å². The van der Waals surface area contributed by atoms with Crippen LogP contribution in [0.15, 0.2) is 96.1 Å². The summed E-state index contributed by atoms with van der Waals surface area (Å²) in [5, 5.41) is 15.7. The summed E-state index contributed by atoms with van der Waals surface area (Å²) in [5.74, 6) is -0.621. The Morgan fingerprint density at radius 2 is 1.42 bits per heavy atom. The summed E-state index contributed by atoms with van der Waals surface area (Å²) < 4.78 is 2.17. The van der Waals surface area contributed by atoms with Gasteiger partial charge in [-0.25, -0.2) is 5.43 Å². The lowest BCUT2D eigenvalue weighted by atomic mass is 9.85. The second-order valence-corrected chi connectivity index (χ2v) is 8.09. The van der Waals surface area contributed by atoms with Gasteiger partial charge in [0, 0.05) is 22.6 Å². The van der Waals surface area contributed by atoms with Gasteiger partial charge in [0.25, 0.3) is 5.91 Å². The fraction of sp³-hybridized carbons (Fsp3) is 0.143. The molecule has 1 aromatic heterocycles. The number of aromatic nitrogens is 1. The highest BCUT2D eigenvalue weighted by Crippen LogP contribution is 2.30. The van der Waals surface area contributed by atoms with Crippen LogP contribution in [0.2, 0.25) is 0 Å². The Labute approximate surface area is 194 Å². The van der Waals surface area contributed by atoms with E-state index in [1.165, 1.54) is 5.56 Å². The molecule has 33 heavy (non-hydrogen) atoms. The first-order valence-electron chi connectivity index (χ1n) is 10.8. The molecule has 1 heterocycles. The van der Waals surface area contributed by atoms with Crippen molar-refractivity contribution in [2.24, 2.45) is 5.10 Å². The summed E-state index contributed by atoms with van der Waals surface area (Å²) in [5.41, 5.74) is 6.89. The van der Waals surface area contributed by atoms with Gasteiger partial charge >= 0.3 is 0 Å². The maximum absolute atomic E-state index is 13.2. The number of amides is 1. The standard InChI is InChI=1S/C28H27N3O2/c1-20-12-10-11-17-26(20)31-21(2)18-23(22(31)3)19-29-30-27(32)28(33,24-13-6-4-7-14-24)25-15-8-5-9-16-25/h4-19,33H,1-3H3,(H,30,32)/b29-19+. The zero-order valence-corrected chi connectivity index (χ0v) is 19.0. The van der Waals surface area contributed by atoms with Crippen molar-refractivity contribution in [1.82, 2.24) is 9.99 Å². The largest absolute Gasteiger partial charge is 0.372 e. The van der Waals surface area contributed by atoms with E-state index in [0.29, 0.717) is 11.1 Å². The van der Waals surface area contributed by atoms with Crippen LogP contribution in [0.4, 0.5) is 0 Å². The Morgan fingerprint density at radius 1 is 0.879 bits per heavy atom. The van der Waals surface area contributed by atoms with Crippen LogP contribution in [0.3, 0.4) is 0 Å². The third-order valence-corrected chi connectivity index (χ3v) is 5.91. The first kappa shape index (κ1) is 22.2. The second kappa shape index (κ2) is 9.27. The molecule has 5 heteroatoms. The molecule has 0 fully saturated rings. The highest BCUT2D eigenvalue weighted by molar-refractivity contribution is 5.91. The van der Waals surface area contributed by atoms with Crippen molar-refractivity contribution >= 4 is 12.1 Å². The van der Waals surface area contributed by atoms with Gasteiger partial charge in [-0.05, 0) is 49.6 Å². The number of aryl methyl sites for hydroxylation is 2. The molecule has 166 valence electrons. The first-order chi connectivity index (χ1) is 15.9. The SMILES string of the molecule is Cc1ccccc1-n1c(C)cc(/C=N/NC(=O)C(O)(c2ccccc2)c2ccccc2)c1C. The molecule has 0 atom stereocenters. The molecule has 2 N–H and O–H groups in total. The van der Waals surface area contributed by atoms with Crippen molar-refractivity contribution in [3.8, 4) is 5.69 Å². The Morgan fingerprint density at radius 3 is 2.00 bits per heavy atom. The number of nitrogens with one attached hydrogen (secondary N) is 1. The van der Waals surface area contributed by atoms with Crippen molar-refractivity contribution in [3.63, 3.8) is 0 Å². The minimum Gasteiger partial charge on any atom is -0.372 e. The lowest BCUT2D eigenvalue weighted by molar-refractivity contribution is -0.136. The average Bonchev–Trinajstić information content (AvgIpc) is 3.12. The van der Waals surface area contributed by atoms with E-state index in [9.17, 15) is 9.90 Å². The number of rotatable bonds is 6. The summed E-state index contributed by atoms with van der Waals surface area (Å²) in [6.45, 7) is 6.14. The maximum atomic E-state index is 13.2. The smallest absolute Gasteiger partial charge is 0.281 e. The number of aliphatic hydroxyl groups is 1. The van der Waals surface area contributed by atoms with Crippen molar-refractivity contribution in [1.29, 1.82) is 0 Å². The molecule has 0 radical (unpaired) electrons. The van der Waals surface area contributed by atoms with Crippen LogP contribution in [-0.2, 0) is 10.4 Å². The Balaban J connectivity index is 1.62. The molecule has 0 bridgehead atoms. The number of benzene rings is 3. The van der Waals surface area contributed by atoms with Gasteiger partial charge in [-0.1, -0.05) is 78.9 Å². The van der Waals surface area contributed by atoms with E-state index < -0.39 is 11.5 Å². The number of para-hydroxylation sites is 1. The number of hydrogen-bond acceptors (Lipinski definition) is 3. The van der Waals surface area contributed by atoms with E-state index in [4.69, 9.17) is 0 Å². The number of carbonyl (C=O) groups excluding carboxylic acids is 1. The van der Waals surface area contributed by atoms with E-state index in [-0.39, 0.29) is 0 Å². The predicted octanol–water partition coefficient (Wildman–Crippen LogP) is 4.79. The van der Waals surface area contributed by atoms with Gasteiger partial charge in [0.05, 0.1) is 6.21 Å². The van der Waals surface area contributed by atoms with Crippen LogP contribution in [0.5, 0.6) is 0 Å². The van der Waals surface area contributed by atoms with E-state index >= 15 is 0 Å². The van der Waals surface area contributed by atoms with Gasteiger partial charge in [0.2, 0.25) is 0 Å². The minimum absolute atomic E-state index is 0.474. The molecule has 0 saturated carbocycles. The van der Waals surface area contributed by atoms with Crippen LogP contribution in [0.25, 0.3) is 5.69 Å². The zero-order chi connectivity index (χ0) is 23.4. The van der Waals surface area contributed by atoms with Crippen molar-refractivity contribution in [3.05, 3.63) is 125 Å². The van der Waals surface area contributed by atoms with E-state index in [2.05, 4.69) is 34.2 Å². The fourth-order valence-corrected chi connectivity index (χ4v) is 4.13. The van der Waals surface area contributed by atoms with Gasteiger partial charge in [-0.15, -0.1) is 0 Å². The molecular formula is C28H27N3O2. The molecular weight excluding hydrogens is 410 g/mol. The summed E-state index contributed by atoms with van der Waals surface area (Å²) in [7, 11) is 0. The normalized spacial score (nSPS) is 11.6. The van der Waals surface area contributed by atoms with Crippen LogP contribution >= 0.6 is 0 Å². The van der Waals surface area contributed by atoms with Gasteiger partial charge in [0.15, 0.2) is 5.60 Å². The highest BCUT2D eigenvalue weighted by Gasteiger charge is 2.39. The van der Waals surface area contributed by atoms with Crippen molar-refractivity contribution in [2.45, 2.75) is 26.4 Å². The van der Waals surface area contributed by atoms with Gasteiger partial charge in [-0.3, -0.25) is 4.79 Å². The first-order valence-corrected chi connectivity index (χ1v) is 10.8. The number of carbonyl (C=O) groups is 1. The molecule has 0 saturated heterocycles. The van der Waals surface area contributed by atoms with Crippen LogP contribution in [0.1, 0.15) is 33.6 Å². The highest BCUT2D eigenvalue weighted by atomic mass is 16.3. The molecule has 5 nitrogen and oxygen atoms in total. The lowest BCUT2D eigenvalue weighted by Gasteiger charge is -2.27. The quantitative estimate of drug-likeness (QED) is 0.336. The Hall–Kier alpha value is -3.96. The summed E-state index contributed by atoms with van der Waals surface area (Å²) in [6, 6.07) is 28.0. The average molecular weight is 438 g/mol. The number of nitrogens with zero attached hydrogens (tertiary/aromatic N) is 2. The molecule has 0 aliphatic heterocycles. The van der Waals surface area contributed by atoms with Crippen LogP contribution in [-0.4, -0.2) is 21.8 Å². The molecule has 3 aromatic carbocycles. The van der Waals surface area contributed by atoms with Crippen molar-refractivity contribution in [2.75, 3.05) is 0 Å². The van der Waals surface area contributed by atoms with E-state index in [0.717, 1.165) is 22.6 Å². The minimum atomic E-state index is -1.86. The van der Waals surface area contributed by atoms with Gasteiger partial charge < -0.3 is 9.67 Å². The molecule has 4 rings (SSSR count). The lowest BCUT2D eigenvalue weighted by Crippen LogP contribution is -2.43. The predicted molar refractivity (Wildman–Crippen MR) is 132 cm³/mol. The fourth-order valence-electron chi connectivity index (χ4n) is 4.13. The molecule has 4 aromatic rings. The summed E-state index contributed by atoms with van der Waals surface area (Å²) in [6.07, 6.45) is 1.62. The van der Waals surface area contributed by atoms with Crippen LogP contribution in [0, 0.1) is 20.8 Å². The molecule has 0 aliphatic carbocycles. The maximum Gasteiger partial charge on any atom is 0.281 e. The van der Waals surface area contributed by atoms with E-state index in [1.54, 1.807) is 54.7 Å². The Bertz CT molecular complexity index is 1250. The van der Waals surface area contributed by atoms with E-state index in [1.807, 2.05) is 44.2 Å². The topological polar surface area (TPSA) is 66.6 Å². The number of hydrogen-bond donors (Lipinski definition) is 2. The molecule has 0 aliphatic rings. The second-order valence-electron chi connectivity index (χ2n) is 8.09. The van der Waals surface area contributed by atoms with Crippen molar-refractivity contribution < 1.29 is 9.90 Å². The third kappa shape index (κ3) is 4.23. The third-order valence-electron chi connectivity index (χ3n) is 5.91. The summed E-state index contributed by atoms with van der Waals surface area (Å²) in [4.78, 5) is 13.2. The van der Waals surface area contributed by atoms with Crippen LogP contribution < -0.4 is 5.43 Å². The number of hydrazone groups is 1. The molecule has 0 spiro atoms.